The molecule has 144 valence electrons. The number of piperidine rings is 1. The summed E-state index contributed by atoms with van der Waals surface area (Å²) >= 11 is 0. The van der Waals surface area contributed by atoms with Gasteiger partial charge in [-0.25, -0.2) is 14.4 Å². The minimum atomic E-state index is -0.234. The number of likely N-dealkylation sites (tertiary alicyclic amines) is 1. The summed E-state index contributed by atoms with van der Waals surface area (Å²) < 4.78 is 18.6. The van der Waals surface area contributed by atoms with Crippen LogP contribution in [0.15, 0.2) is 36.7 Å². The zero-order valence-corrected chi connectivity index (χ0v) is 15.7. The zero-order valence-electron chi connectivity index (χ0n) is 15.7. The van der Waals surface area contributed by atoms with Crippen LogP contribution in [-0.2, 0) is 0 Å². The molecule has 2 aliphatic rings. The van der Waals surface area contributed by atoms with Crippen molar-refractivity contribution in [2.24, 2.45) is 0 Å². The van der Waals surface area contributed by atoms with Gasteiger partial charge in [-0.1, -0.05) is 0 Å². The Morgan fingerprint density at radius 2 is 1.74 bits per heavy atom. The van der Waals surface area contributed by atoms with Gasteiger partial charge in [0, 0.05) is 37.3 Å². The number of aromatic nitrogens is 2. The molecule has 3 heterocycles. The lowest BCUT2D eigenvalue weighted by Gasteiger charge is -2.31. The summed E-state index contributed by atoms with van der Waals surface area (Å²) in [5.41, 5.74) is 1.19. The Morgan fingerprint density at radius 3 is 2.48 bits per heavy atom. The van der Waals surface area contributed by atoms with Crippen molar-refractivity contribution in [2.45, 2.75) is 31.6 Å². The minimum absolute atomic E-state index is 0.234. The SMILES string of the molecule is Fc1ccc(OCCN2CCC(c3cc(N4CCCC4)ncn3)CC2)cc1. The van der Waals surface area contributed by atoms with E-state index in [2.05, 4.69) is 25.8 Å². The van der Waals surface area contributed by atoms with Gasteiger partial charge < -0.3 is 9.64 Å². The van der Waals surface area contributed by atoms with Crippen LogP contribution in [0.25, 0.3) is 0 Å². The number of nitrogens with zero attached hydrogens (tertiary/aromatic N) is 4. The molecule has 0 aliphatic carbocycles. The Labute approximate surface area is 160 Å². The average molecular weight is 370 g/mol. The Hall–Kier alpha value is -2.21. The minimum Gasteiger partial charge on any atom is -0.492 e. The van der Waals surface area contributed by atoms with Gasteiger partial charge in [0.2, 0.25) is 0 Å². The molecule has 2 aromatic rings. The van der Waals surface area contributed by atoms with Crippen LogP contribution in [0.5, 0.6) is 5.75 Å². The van der Waals surface area contributed by atoms with Crippen LogP contribution in [0.2, 0.25) is 0 Å². The van der Waals surface area contributed by atoms with Crippen LogP contribution in [0.4, 0.5) is 10.2 Å². The van der Waals surface area contributed by atoms with Gasteiger partial charge in [0.05, 0.1) is 0 Å². The Kier molecular flexibility index (Phi) is 5.82. The van der Waals surface area contributed by atoms with Crippen molar-refractivity contribution in [3.63, 3.8) is 0 Å². The van der Waals surface area contributed by atoms with Crippen LogP contribution in [-0.4, -0.2) is 54.2 Å². The van der Waals surface area contributed by atoms with E-state index < -0.39 is 0 Å². The van der Waals surface area contributed by atoms with E-state index in [0.717, 1.165) is 57.1 Å². The summed E-state index contributed by atoms with van der Waals surface area (Å²) in [6.07, 6.45) is 6.49. The highest BCUT2D eigenvalue weighted by atomic mass is 19.1. The summed E-state index contributed by atoms with van der Waals surface area (Å²) in [4.78, 5) is 13.8. The molecule has 1 aromatic carbocycles. The maximum absolute atomic E-state index is 12.9. The quantitative estimate of drug-likeness (QED) is 0.779. The molecule has 1 aromatic heterocycles. The van der Waals surface area contributed by atoms with Crippen molar-refractivity contribution >= 4 is 5.82 Å². The highest BCUT2D eigenvalue weighted by molar-refractivity contribution is 5.40. The number of hydrogen-bond acceptors (Lipinski definition) is 5. The number of ether oxygens (including phenoxy) is 1. The molecule has 0 bridgehead atoms. The van der Waals surface area contributed by atoms with E-state index in [4.69, 9.17) is 4.74 Å². The van der Waals surface area contributed by atoms with Gasteiger partial charge >= 0.3 is 0 Å². The molecule has 5 nitrogen and oxygen atoms in total. The van der Waals surface area contributed by atoms with Gasteiger partial charge in [-0.05, 0) is 63.0 Å². The molecule has 0 atom stereocenters. The second kappa shape index (κ2) is 8.65. The van der Waals surface area contributed by atoms with E-state index in [1.165, 1.54) is 30.7 Å². The van der Waals surface area contributed by atoms with E-state index in [-0.39, 0.29) is 5.82 Å². The monoisotopic (exact) mass is 370 g/mol. The van der Waals surface area contributed by atoms with E-state index in [9.17, 15) is 4.39 Å². The second-order valence-corrected chi connectivity index (χ2v) is 7.41. The third-order valence-electron chi connectivity index (χ3n) is 5.60. The fourth-order valence-corrected chi connectivity index (χ4v) is 3.98. The van der Waals surface area contributed by atoms with Gasteiger partial charge in [0.1, 0.15) is 30.3 Å². The van der Waals surface area contributed by atoms with E-state index in [1.54, 1.807) is 18.5 Å². The first-order chi connectivity index (χ1) is 13.3. The van der Waals surface area contributed by atoms with Gasteiger partial charge in [-0.15, -0.1) is 0 Å². The predicted molar refractivity (Wildman–Crippen MR) is 104 cm³/mol. The van der Waals surface area contributed by atoms with Crippen molar-refractivity contribution in [3.05, 3.63) is 48.2 Å². The van der Waals surface area contributed by atoms with Gasteiger partial charge in [0.15, 0.2) is 0 Å². The Balaban J connectivity index is 1.24. The predicted octanol–water partition coefficient (Wildman–Crippen LogP) is 3.47. The maximum atomic E-state index is 12.9. The van der Waals surface area contributed by atoms with Gasteiger partial charge in [-0.3, -0.25) is 4.90 Å². The van der Waals surface area contributed by atoms with Crippen LogP contribution in [0.3, 0.4) is 0 Å². The number of hydrogen-bond donors (Lipinski definition) is 0. The molecule has 2 aliphatic heterocycles. The van der Waals surface area contributed by atoms with Gasteiger partial charge in [-0.2, -0.15) is 0 Å². The lowest BCUT2D eigenvalue weighted by Crippen LogP contribution is -2.36. The molecule has 0 N–H and O–H groups in total. The first-order valence-electron chi connectivity index (χ1n) is 9.95. The third-order valence-corrected chi connectivity index (χ3v) is 5.60. The van der Waals surface area contributed by atoms with Crippen LogP contribution >= 0.6 is 0 Å². The van der Waals surface area contributed by atoms with Crippen LogP contribution in [0, 0.1) is 5.82 Å². The van der Waals surface area contributed by atoms with Crippen LogP contribution in [0.1, 0.15) is 37.3 Å². The topological polar surface area (TPSA) is 41.5 Å². The fourth-order valence-electron chi connectivity index (χ4n) is 3.98. The summed E-state index contributed by atoms with van der Waals surface area (Å²) in [6.45, 7) is 5.86. The molecule has 27 heavy (non-hydrogen) atoms. The molecule has 0 radical (unpaired) electrons. The highest BCUT2D eigenvalue weighted by Gasteiger charge is 2.23. The highest BCUT2D eigenvalue weighted by Crippen LogP contribution is 2.28. The van der Waals surface area contributed by atoms with Gasteiger partial charge in [0.25, 0.3) is 0 Å². The largest absolute Gasteiger partial charge is 0.492 e. The van der Waals surface area contributed by atoms with E-state index >= 15 is 0 Å². The normalized spacial score (nSPS) is 18.8. The molecule has 6 heteroatoms. The van der Waals surface area contributed by atoms with Crippen molar-refractivity contribution in [1.82, 2.24) is 14.9 Å². The van der Waals surface area contributed by atoms with E-state index in [1.807, 2.05) is 0 Å². The summed E-state index contributed by atoms with van der Waals surface area (Å²) in [6, 6.07) is 8.41. The Bertz CT molecular complexity index is 725. The Morgan fingerprint density at radius 1 is 1.00 bits per heavy atom. The lowest BCUT2D eigenvalue weighted by molar-refractivity contribution is 0.172. The van der Waals surface area contributed by atoms with Crippen molar-refractivity contribution in [3.8, 4) is 5.75 Å². The van der Waals surface area contributed by atoms with Crippen molar-refractivity contribution < 1.29 is 9.13 Å². The van der Waals surface area contributed by atoms with E-state index in [0.29, 0.717) is 12.5 Å². The number of rotatable bonds is 6. The molecule has 0 amide bonds. The number of halogens is 1. The third kappa shape index (κ3) is 4.75. The smallest absolute Gasteiger partial charge is 0.132 e. The summed E-state index contributed by atoms with van der Waals surface area (Å²) in [5.74, 6) is 2.10. The average Bonchev–Trinajstić information content (AvgIpc) is 3.25. The molecule has 0 saturated carbocycles. The molecule has 2 saturated heterocycles. The first kappa shape index (κ1) is 18.2. The van der Waals surface area contributed by atoms with Crippen molar-refractivity contribution in [2.75, 3.05) is 44.2 Å². The number of anilines is 1. The lowest BCUT2D eigenvalue weighted by atomic mass is 9.93. The zero-order chi connectivity index (χ0) is 18.5. The fraction of sp³-hybridized carbons (Fsp3) is 0.524. The molecule has 0 unspecified atom stereocenters. The summed E-state index contributed by atoms with van der Waals surface area (Å²) in [5, 5.41) is 0. The molecular formula is C21H27FN4O. The van der Waals surface area contributed by atoms with Crippen molar-refractivity contribution in [1.29, 1.82) is 0 Å². The first-order valence-corrected chi connectivity index (χ1v) is 9.95. The molecule has 4 rings (SSSR count). The molecular weight excluding hydrogens is 343 g/mol. The van der Waals surface area contributed by atoms with Crippen LogP contribution < -0.4 is 9.64 Å². The maximum Gasteiger partial charge on any atom is 0.132 e. The molecule has 0 spiro atoms. The molecule has 2 fully saturated rings. The number of benzene rings is 1. The summed E-state index contributed by atoms with van der Waals surface area (Å²) in [7, 11) is 0. The standard InChI is InChI=1S/C21H27FN4O/c22-18-3-5-19(6-4-18)27-14-13-25-11-7-17(8-12-25)20-15-21(24-16-23-20)26-9-1-2-10-26/h3-6,15-17H,1-2,7-14H2. The second-order valence-electron chi connectivity index (χ2n) is 7.41.